The maximum Gasteiger partial charge on any atom is 0.206 e. The first-order valence-corrected chi connectivity index (χ1v) is 14.6. The van der Waals surface area contributed by atoms with Crippen molar-refractivity contribution in [3.8, 4) is 17.1 Å². The lowest BCUT2D eigenvalue weighted by molar-refractivity contribution is 0.591. The number of nitrogens with two attached hydrogens (primary N) is 1. The minimum atomic E-state index is -1.70. The molecular formula is C26H22Cl2FN7OS2. The zero-order chi connectivity index (χ0) is 27.7. The standard InChI is InChI=1S/C26H22Cl2FN7OS2/c1-26(2,16-4-10-22(39(30)37)21(28)12-16)23-13-31-25(36(23)18-7-5-17(29)6-8-18)38-14-15-3-9-20(27)19(11-15)24-32-34-35-33-24/h3-13H,14,30H2,1-2H3,(H,32,33,34,35). The van der Waals surface area contributed by atoms with Crippen molar-refractivity contribution >= 4 is 45.9 Å². The van der Waals surface area contributed by atoms with Gasteiger partial charge in [-0.25, -0.2) is 18.7 Å². The number of tetrazole rings is 1. The Morgan fingerprint density at radius 1 is 1.08 bits per heavy atom. The highest BCUT2D eigenvalue weighted by Crippen LogP contribution is 2.38. The molecule has 8 nitrogen and oxygen atoms in total. The third-order valence-electron chi connectivity index (χ3n) is 6.31. The van der Waals surface area contributed by atoms with Crippen LogP contribution < -0.4 is 5.14 Å². The van der Waals surface area contributed by atoms with E-state index in [9.17, 15) is 8.60 Å². The van der Waals surface area contributed by atoms with Crippen molar-refractivity contribution < 1.29 is 8.60 Å². The van der Waals surface area contributed by atoms with Gasteiger partial charge in [0.05, 0.1) is 26.8 Å². The van der Waals surface area contributed by atoms with E-state index in [2.05, 4.69) is 20.6 Å². The van der Waals surface area contributed by atoms with Crippen LogP contribution in [0.5, 0.6) is 0 Å². The Balaban J connectivity index is 1.53. The lowest BCUT2D eigenvalue weighted by Gasteiger charge is -2.28. The van der Waals surface area contributed by atoms with Crippen molar-refractivity contribution in [2.45, 2.75) is 35.1 Å². The van der Waals surface area contributed by atoms with E-state index in [1.165, 1.54) is 23.9 Å². The minimum absolute atomic E-state index is 0.323. The van der Waals surface area contributed by atoms with Gasteiger partial charge in [0.25, 0.3) is 0 Å². The summed E-state index contributed by atoms with van der Waals surface area (Å²) in [5, 5.41) is 21.2. The Morgan fingerprint density at radius 2 is 1.85 bits per heavy atom. The first-order valence-electron chi connectivity index (χ1n) is 11.6. The topological polar surface area (TPSA) is 115 Å². The Kier molecular flexibility index (Phi) is 7.88. The lowest BCUT2D eigenvalue weighted by Crippen LogP contribution is -2.23. The molecule has 2 aromatic heterocycles. The van der Waals surface area contributed by atoms with Crippen molar-refractivity contribution in [3.05, 3.63) is 99.5 Å². The normalized spacial score (nSPS) is 12.6. The fourth-order valence-electron chi connectivity index (χ4n) is 4.18. The smallest absolute Gasteiger partial charge is 0.206 e. The summed E-state index contributed by atoms with van der Waals surface area (Å²) in [6.07, 6.45) is 1.81. The van der Waals surface area contributed by atoms with E-state index < -0.39 is 16.4 Å². The molecule has 2 heterocycles. The van der Waals surface area contributed by atoms with Gasteiger partial charge in [-0.15, -0.1) is 10.2 Å². The molecule has 39 heavy (non-hydrogen) atoms. The van der Waals surface area contributed by atoms with Crippen LogP contribution in [0.2, 0.25) is 10.0 Å². The number of aromatic amines is 1. The summed E-state index contributed by atoms with van der Waals surface area (Å²) < 4.78 is 27.6. The Labute approximate surface area is 240 Å². The van der Waals surface area contributed by atoms with Gasteiger partial charge in [-0.05, 0) is 64.9 Å². The van der Waals surface area contributed by atoms with Gasteiger partial charge in [0.15, 0.2) is 5.16 Å². The quantitative estimate of drug-likeness (QED) is 0.208. The molecule has 0 radical (unpaired) electrons. The number of benzene rings is 3. The third-order valence-corrected chi connectivity index (χ3v) is 8.88. The number of hydrogen-bond donors (Lipinski definition) is 2. The zero-order valence-corrected chi connectivity index (χ0v) is 23.9. The molecule has 0 fully saturated rings. The first-order chi connectivity index (χ1) is 18.6. The summed E-state index contributed by atoms with van der Waals surface area (Å²) in [5.74, 6) is 0.649. The Hall–Kier alpha value is -3.09. The van der Waals surface area contributed by atoms with Crippen LogP contribution in [0.3, 0.4) is 0 Å². The first kappa shape index (κ1) is 27.5. The van der Waals surface area contributed by atoms with E-state index >= 15 is 0 Å². The summed E-state index contributed by atoms with van der Waals surface area (Å²) in [6.45, 7) is 4.08. The lowest BCUT2D eigenvalue weighted by atomic mass is 9.81. The Bertz CT molecular complexity index is 1660. The van der Waals surface area contributed by atoms with Crippen molar-refractivity contribution in [1.82, 2.24) is 30.2 Å². The molecule has 0 aliphatic rings. The SMILES string of the molecule is CC(C)(c1ccc(S(N)=O)c(Cl)c1)c1cnc(SCc2ccc(Cl)c(-c3nn[nH]n3)c2)n1-c1ccc(F)cc1. The summed E-state index contributed by atoms with van der Waals surface area (Å²) in [5.41, 5.74) is 3.57. The number of rotatable bonds is 8. The highest BCUT2D eigenvalue weighted by molar-refractivity contribution is 7.98. The van der Waals surface area contributed by atoms with Crippen LogP contribution in [-0.4, -0.2) is 34.4 Å². The van der Waals surface area contributed by atoms with Gasteiger partial charge in [0.1, 0.15) is 16.8 Å². The largest absolute Gasteiger partial charge is 0.291 e. The second-order valence-corrected chi connectivity index (χ2v) is 11.9. The molecule has 1 unspecified atom stereocenters. The number of hydrogen-bond acceptors (Lipinski definition) is 6. The number of nitrogens with one attached hydrogen (secondary N) is 1. The molecule has 3 N–H and O–H groups in total. The molecule has 0 aliphatic heterocycles. The van der Waals surface area contributed by atoms with Gasteiger partial charge in [-0.2, -0.15) is 5.21 Å². The predicted molar refractivity (Wildman–Crippen MR) is 152 cm³/mol. The number of imidazole rings is 1. The fraction of sp³-hybridized carbons (Fsp3) is 0.154. The number of nitrogens with zero attached hydrogens (tertiary/aromatic N) is 5. The van der Waals surface area contributed by atoms with Crippen molar-refractivity contribution in [2.24, 2.45) is 5.14 Å². The molecule has 0 spiro atoms. The van der Waals surface area contributed by atoms with Crippen LogP contribution in [-0.2, 0) is 22.2 Å². The van der Waals surface area contributed by atoms with Crippen LogP contribution >= 0.6 is 35.0 Å². The number of thioether (sulfide) groups is 1. The summed E-state index contributed by atoms with van der Waals surface area (Å²) in [6, 6.07) is 17.2. The number of aromatic nitrogens is 6. The van der Waals surface area contributed by atoms with Crippen molar-refractivity contribution in [3.63, 3.8) is 0 Å². The molecule has 1 atom stereocenters. The van der Waals surface area contributed by atoms with E-state index in [1.807, 2.05) is 36.6 Å². The van der Waals surface area contributed by atoms with E-state index in [0.29, 0.717) is 37.2 Å². The van der Waals surface area contributed by atoms with Gasteiger partial charge < -0.3 is 0 Å². The molecule has 13 heteroatoms. The molecule has 0 bridgehead atoms. The monoisotopic (exact) mass is 601 g/mol. The second-order valence-electron chi connectivity index (χ2n) is 9.14. The molecule has 200 valence electrons. The van der Waals surface area contributed by atoms with Crippen LogP contribution in [0.1, 0.15) is 30.7 Å². The van der Waals surface area contributed by atoms with Crippen LogP contribution in [0, 0.1) is 5.82 Å². The second kappa shape index (κ2) is 11.2. The highest BCUT2D eigenvalue weighted by atomic mass is 35.5. The van der Waals surface area contributed by atoms with Crippen LogP contribution in [0.25, 0.3) is 17.1 Å². The van der Waals surface area contributed by atoms with Crippen LogP contribution in [0.15, 0.2) is 76.9 Å². The molecule has 0 saturated heterocycles. The molecule has 0 aliphatic carbocycles. The average Bonchev–Trinajstić information content (AvgIpc) is 3.59. The molecule has 0 amide bonds. The maximum atomic E-state index is 13.8. The van der Waals surface area contributed by atoms with Crippen LogP contribution in [0.4, 0.5) is 4.39 Å². The van der Waals surface area contributed by atoms with E-state index in [0.717, 1.165) is 22.5 Å². The molecular weight excluding hydrogens is 580 g/mol. The number of H-pyrrole nitrogens is 1. The fourth-order valence-corrected chi connectivity index (χ4v) is 6.17. The van der Waals surface area contributed by atoms with E-state index in [1.54, 1.807) is 36.5 Å². The van der Waals surface area contributed by atoms with Gasteiger partial charge in [0.2, 0.25) is 5.82 Å². The van der Waals surface area contributed by atoms with Crippen molar-refractivity contribution in [2.75, 3.05) is 0 Å². The minimum Gasteiger partial charge on any atom is -0.291 e. The van der Waals surface area contributed by atoms with Gasteiger partial charge in [-0.1, -0.05) is 60.9 Å². The zero-order valence-electron chi connectivity index (χ0n) is 20.7. The average molecular weight is 603 g/mol. The summed E-state index contributed by atoms with van der Waals surface area (Å²) >= 11 is 14.3. The number of halogens is 3. The Morgan fingerprint density at radius 3 is 2.51 bits per heavy atom. The molecule has 5 aromatic rings. The van der Waals surface area contributed by atoms with Gasteiger partial charge >= 0.3 is 0 Å². The highest BCUT2D eigenvalue weighted by Gasteiger charge is 2.30. The maximum absolute atomic E-state index is 13.8. The third kappa shape index (κ3) is 5.64. The van der Waals surface area contributed by atoms with Gasteiger partial charge in [0, 0.05) is 22.4 Å². The van der Waals surface area contributed by atoms with E-state index in [-0.39, 0.29) is 5.82 Å². The molecule has 3 aromatic carbocycles. The summed E-state index contributed by atoms with van der Waals surface area (Å²) in [4.78, 5) is 5.11. The van der Waals surface area contributed by atoms with Crippen molar-refractivity contribution in [1.29, 1.82) is 0 Å². The van der Waals surface area contributed by atoms with Gasteiger partial charge in [-0.3, -0.25) is 4.57 Å². The molecule has 5 rings (SSSR count). The summed E-state index contributed by atoms with van der Waals surface area (Å²) in [7, 11) is -1.70. The van der Waals surface area contributed by atoms with E-state index in [4.69, 9.17) is 33.3 Å². The predicted octanol–water partition coefficient (Wildman–Crippen LogP) is 6.10. The molecule has 0 saturated carbocycles.